The van der Waals surface area contributed by atoms with Crippen LogP contribution in [0.3, 0.4) is 0 Å². The van der Waals surface area contributed by atoms with Crippen LogP contribution in [0.4, 0.5) is 13.2 Å². The van der Waals surface area contributed by atoms with Gasteiger partial charge in [-0.2, -0.15) is 13.2 Å². The summed E-state index contributed by atoms with van der Waals surface area (Å²) in [5.41, 5.74) is 0. The lowest BCUT2D eigenvalue weighted by atomic mass is 10.1. The molecule has 2 rings (SSSR count). The highest BCUT2D eigenvalue weighted by atomic mass is 19.4. The molecule has 1 unspecified atom stereocenters. The molecule has 28 heavy (non-hydrogen) atoms. The molecule has 1 N–H and O–H groups in total. The van der Waals surface area contributed by atoms with Crippen molar-refractivity contribution in [2.45, 2.75) is 64.6 Å². The molecule has 0 saturated carbocycles. The Hall–Kier alpha value is -1.02. The molecule has 0 radical (unpaired) electrons. The molecule has 8 heteroatoms. The van der Waals surface area contributed by atoms with Crippen molar-refractivity contribution in [1.29, 1.82) is 0 Å². The van der Waals surface area contributed by atoms with Gasteiger partial charge in [0.1, 0.15) is 6.04 Å². The number of nitrogens with one attached hydrogen (secondary N) is 1. The van der Waals surface area contributed by atoms with Crippen molar-refractivity contribution >= 4 is 5.96 Å². The number of aliphatic imine (C=N–C) groups is 1. The van der Waals surface area contributed by atoms with Gasteiger partial charge in [-0.1, -0.05) is 12.8 Å². The predicted molar refractivity (Wildman–Crippen MR) is 109 cm³/mol. The molecule has 2 aliphatic heterocycles. The number of piperazine rings is 1. The fraction of sp³-hybridized carbons (Fsp3) is 0.950. The largest absolute Gasteiger partial charge is 0.403 e. The second-order valence-corrected chi connectivity index (χ2v) is 7.94. The van der Waals surface area contributed by atoms with Crippen LogP contribution < -0.4 is 5.32 Å². The van der Waals surface area contributed by atoms with Gasteiger partial charge in [-0.25, -0.2) is 0 Å². The number of rotatable bonds is 8. The lowest BCUT2D eigenvalue weighted by Gasteiger charge is -2.39. The summed E-state index contributed by atoms with van der Waals surface area (Å²) in [6, 6.07) is -1.38. The number of unbranched alkanes of at least 4 members (excludes halogenated alkanes) is 2. The first-order valence-corrected chi connectivity index (χ1v) is 11.0. The van der Waals surface area contributed by atoms with Gasteiger partial charge in [0.25, 0.3) is 0 Å². The van der Waals surface area contributed by atoms with Crippen LogP contribution in [-0.4, -0.2) is 91.8 Å². The van der Waals surface area contributed by atoms with Crippen LogP contribution in [-0.2, 0) is 0 Å². The molecule has 2 saturated heterocycles. The maximum atomic E-state index is 12.9. The monoisotopic (exact) mass is 405 g/mol. The topological polar surface area (TPSA) is 34.1 Å². The highest BCUT2D eigenvalue weighted by Crippen LogP contribution is 2.25. The zero-order valence-electron chi connectivity index (χ0n) is 17.6. The van der Waals surface area contributed by atoms with Gasteiger partial charge < -0.3 is 15.1 Å². The molecule has 1 atom stereocenters. The van der Waals surface area contributed by atoms with Crippen molar-refractivity contribution in [3.63, 3.8) is 0 Å². The molecular weight excluding hydrogens is 367 g/mol. The van der Waals surface area contributed by atoms with Gasteiger partial charge in [-0.3, -0.25) is 9.89 Å². The molecule has 0 aromatic rings. The summed E-state index contributed by atoms with van der Waals surface area (Å²) in [6.07, 6.45) is 3.36. The summed E-state index contributed by atoms with van der Waals surface area (Å²) in [5, 5.41) is 3.30. The number of alkyl halides is 3. The maximum Gasteiger partial charge on any atom is 0.403 e. The molecular formula is C20H38F3N5. The Labute approximate surface area is 168 Å². The molecule has 0 aromatic carbocycles. The SMILES string of the molecule is CCNC(=NCCCCCN1CCCCC1)N1CCN(C(C)C(F)(F)F)CC1. The Morgan fingerprint density at radius 1 is 0.964 bits per heavy atom. The minimum atomic E-state index is -4.16. The van der Waals surface area contributed by atoms with E-state index in [4.69, 9.17) is 4.99 Å². The first-order chi connectivity index (χ1) is 13.4. The molecule has 2 aliphatic rings. The van der Waals surface area contributed by atoms with Crippen LogP contribution in [0.15, 0.2) is 4.99 Å². The first kappa shape index (κ1) is 23.3. The second-order valence-electron chi connectivity index (χ2n) is 7.94. The summed E-state index contributed by atoms with van der Waals surface area (Å²) < 4.78 is 38.7. The van der Waals surface area contributed by atoms with Crippen molar-refractivity contribution in [2.75, 3.05) is 58.9 Å². The third kappa shape index (κ3) is 7.78. The maximum absolute atomic E-state index is 12.9. The van der Waals surface area contributed by atoms with Crippen molar-refractivity contribution in [2.24, 2.45) is 4.99 Å². The average Bonchev–Trinajstić information content (AvgIpc) is 2.69. The van der Waals surface area contributed by atoms with Gasteiger partial charge in [0.15, 0.2) is 5.96 Å². The average molecular weight is 406 g/mol. The number of hydrogen-bond donors (Lipinski definition) is 1. The van der Waals surface area contributed by atoms with Crippen LogP contribution >= 0.6 is 0 Å². The van der Waals surface area contributed by atoms with Crippen molar-refractivity contribution < 1.29 is 13.2 Å². The Morgan fingerprint density at radius 3 is 2.25 bits per heavy atom. The van der Waals surface area contributed by atoms with E-state index in [0.717, 1.165) is 25.5 Å². The van der Waals surface area contributed by atoms with Gasteiger partial charge in [0, 0.05) is 39.3 Å². The van der Waals surface area contributed by atoms with E-state index < -0.39 is 12.2 Å². The van der Waals surface area contributed by atoms with Crippen LogP contribution in [0.2, 0.25) is 0 Å². The van der Waals surface area contributed by atoms with E-state index in [2.05, 4.69) is 15.1 Å². The van der Waals surface area contributed by atoms with E-state index in [1.807, 2.05) is 6.92 Å². The Morgan fingerprint density at radius 2 is 1.64 bits per heavy atom. The molecule has 5 nitrogen and oxygen atoms in total. The summed E-state index contributed by atoms with van der Waals surface area (Å²) in [5.74, 6) is 0.845. The van der Waals surface area contributed by atoms with Gasteiger partial charge in [-0.05, 0) is 59.2 Å². The molecule has 0 spiro atoms. The Bertz CT molecular complexity index is 455. The van der Waals surface area contributed by atoms with Gasteiger partial charge in [-0.15, -0.1) is 0 Å². The van der Waals surface area contributed by atoms with Gasteiger partial charge >= 0.3 is 6.18 Å². The molecule has 0 bridgehead atoms. The highest BCUT2D eigenvalue weighted by Gasteiger charge is 2.41. The van der Waals surface area contributed by atoms with Gasteiger partial charge in [0.05, 0.1) is 0 Å². The quantitative estimate of drug-likeness (QED) is 0.382. The van der Waals surface area contributed by atoms with E-state index in [1.54, 1.807) is 0 Å². The number of nitrogens with zero attached hydrogens (tertiary/aromatic N) is 4. The Kier molecular flexibility index (Phi) is 9.85. The summed E-state index contributed by atoms with van der Waals surface area (Å²) in [7, 11) is 0. The second kappa shape index (κ2) is 11.9. The smallest absolute Gasteiger partial charge is 0.357 e. The number of piperidine rings is 1. The van der Waals surface area contributed by atoms with Crippen LogP contribution in [0.5, 0.6) is 0 Å². The van der Waals surface area contributed by atoms with Crippen LogP contribution in [0.25, 0.3) is 0 Å². The van der Waals surface area contributed by atoms with Crippen molar-refractivity contribution in [3.05, 3.63) is 0 Å². The fourth-order valence-electron chi connectivity index (χ4n) is 3.95. The Balaban J connectivity index is 1.68. The number of guanidine groups is 1. The van der Waals surface area contributed by atoms with Crippen molar-refractivity contribution in [1.82, 2.24) is 20.0 Å². The summed E-state index contributed by atoms with van der Waals surface area (Å²) in [6.45, 7) is 10.5. The van der Waals surface area contributed by atoms with Crippen LogP contribution in [0.1, 0.15) is 52.4 Å². The molecule has 164 valence electrons. The van der Waals surface area contributed by atoms with Crippen molar-refractivity contribution in [3.8, 4) is 0 Å². The summed E-state index contributed by atoms with van der Waals surface area (Å²) >= 11 is 0. The van der Waals surface area contributed by atoms with Gasteiger partial charge in [0.2, 0.25) is 0 Å². The zero-order chi connectivity index (χ0) is 20.4. The molecule has 2 fully saturated rings. The van der Waals surface area contributed by atoms with Crippen LogP contribution in [0, 0.1) is 0 Å². The predicted octanol–water partition coefficient (Wildman–Crippen LogP) is 3.18. The van der Waals surface area contributed by atoms with E-state index in [1.165, 1.54) is 63.6 Å². The fourth-order valence-corrected chi connectivity index (χ4v) is 3.95. The van der Waals surface area contributed by atoms with E-state index in [0.29, 0.717) is 26.2 Å². The standard InChI is InChI=1S/C20H38F3N5/c1-3-24-19(25-10-6-4-7-11-26-12-8-5-9-13-26)28-16-14-27(15-17-28)18(2)20(21,22)23/h18H,3-17H2,1-2H3,(H,24,25). The lowest BCUT2D eigenvalue weighted by Crippen LogP contribution is -2.56. The van der Waals surface area contributed by atoms with E-state index >= 15 is 0 Å². The lowest BCUT2D eigenvalue weighted by molar-refractivity contribution is -0.181. The van der Waals surface area contributed by atoms with E-state index in [9.17, 15) is 13.2 Å². The number of hydrogen-bond acceptors (Lipinski definition) is 3. The third-order valence-corrected chi connectivity index (χ3v) is 5.81. The summed E-state index contributed by atoms with van der Waals surface area (Å²) in [4.78, 5) is 10.9. The molecule has 0 aromatic heterocycles. The normalized spacial score (nSPS) is 21.8. The first-order valence-electron chi connectivity index (χ1n) is 11.0. The number of likely N-dealkylation sites (tertiary alicyclic amines) is 1. The van der Waals surface area contributed by atoms with E-state index in [-0.39, 0.29) is 0 Å². The highest BCUT2D eigenvalue weighted by molar-refractivity contribution is 5.80. The molecule has 0 aliphatic carbocycles. The minimum absolute atomic E-state index is 0.418. The minimum Gasteiger partial charge on any atom is -0.357 e. The zero-order valence-corrected chi connectivity index (χ0v) is 17.6. The number of halogens is 3. The molecule has 2 heterocycles. The molecule has 0 amide bonds. The third-order valence-electron chi connectivity index (χ3n) is 5.81.